The quantitative estimate of drug-likeness (QED) is 0.520. The predicted octanol–water partition coefficient (Wildman–Crippen LogP) is -1.25. The number of rotatable bonds is 1. The molecule has 1 aromatic rings. The molecule has 1 nitrogen and oxygen atoms in total. The Morgan fingerprint density at radius 2 is 2.00 bits per heavy atom. The van der Waals surface area contributed by atoms with Crippen LogP contribution in [0.3, 0.4) is 0 Å². The van der Waals surface area contributed by atoms with Gasteiger partial charge in [-0.15, -0.1) is 0 Å². The van der Waals surface area contributed by atoms with Crippen LogP contribution in [0.1, 0.15) is 5.56 Å². The summed E-state index contributed by atoms with van der Waals surface area (Å²) in [6.45, 7) is 2.14. The van der Waals surface area contributed by atoms with E-state index in [1.807, 2.05) is 0 Å². The van der Waals surface area contributed by atoms with E-state index in [1.165, 1.54) is 20.5 Å². The lowest BCUT2D eigenvalue weighted by Crippen LogP contribution is -2.41. The van der Waals surface area contributed by atoms with Crippen LogP contribution < -0.4 is 10.6 Å². The van der Waals surface area contributed by atoms with E-state index in [4.69, 9.17) is 5.40 Å². The summed E-state index contributed by atoms with van der Waals surface area (Å²) in [6.07, 6.45) is 0. The Morgan fingerprint density at radius 1 is 1.40 bits per heavy atom. The Balaban J connectivity index is 3.03. The number of aryl methyl sites for hydroxylation is 1. The van der Waals surface area contributed by atoms with E-state index in [9.17, 15) is 0 Å². The van der Waals surface area contributed by atoms with E-state index in [0.29, 0.717) is 0 Å². The van der Waals surface area contributed by atoms with Crippen LogP contribution in [0.4, 0.5) is 0 Å². The zero-order valence-electron chi connectivity index (χ0n) is 6.46. The van der Waals surface area contributed by atoms with Crippen LogP contribution in [0.15, 0.2) is 24.3 Å². The van der Waals surface area contributed by atoms with E-state index in [2.05, 4.69) is 31.2 Å². The van der Waals surface area contributed by atoms with Crippen molar-refractivity contribution in [3.8, 4) is 0 Å². The lowest BCUT2D eigenvalue weighted by molar-refractivity contribution is 1.51. The monoisotopic (exact) mass is 167 g/mol. The summed E-state index contributed by atoms with van der Waals surface area (Å²) in [5, 5.41) is 7.35. The van der Waals surface area contributed by atoms with Crippen LogP contribution in [0.2, 0.25) is 0 Å². The van der Waals surface area contributed by atoms with Crippen LogP contribution in [0.5, 0.6) is 0 Å². The van der Waals surface area contributed by atoms with Crippen LogP contribution >= 0.6 is 0 Å². The van der Waals surface area contributed by atoms with Crippen molar-refractivity contribution in [3.63, 3.8) is 0 Å². The number of hydrogen-bond acceptors (Lipinski definition) is 1. The van der Waals surface area contributed by atoms with Gasteiger partial charge in [0.05, 0.1) is 0 Å². The predicted molar refractivity (Wildman–Crippen MR) is 52.1 cm³/mol. The lowest BCUT2D eigenvalue weighted by atomic mass is 10.2. The van der Waals surface area contributed by atoms with Crippen molar-refractivity contribution in [2.75, 3.05) is 0 Å². The topological polar surface area (TPSA) is 26.0 Å². The summed E-state index contributed by atoms with van der Waals surface area (Å²) < 4.78 is 0. The third-order valence-electron chi connectivity index (χ3n) is 1.68. The normalized spacial score (nSPS) is 13.4. The second-order valence-corrected chi connectivity index (χ2v) is 8.58. The van der Waals surface area contributed by atoms with Crippen molar-refractivity contribution in [2.45, 2.75) is 6.92 Å². The maximum atomic E-state index is 5.92. The molecular weight excluding hydrogens is 154 g/mol. The van der Waals surface area contributed by atoms with Gasteiger partial charge in [-0.25, -0.2) is 0 Å². The van der Waals surface area contributed by atoms with Gasteiger partial charge in [-0.05, 0) is 12.1 Å². The molecule has 54 valence electrons. The maximum absolute atomic E-state index is 5.92. The molecule has 0 fully saturated rings. The van der Waals surface area contributed by atoms with E-state index < -0.39 is 8.48 Å². The fraction of sp³-hybridized carbons (Fsp3) is 0.143. The molecule has 0 saturated carbocycles. The van der Waals surface area contributed by atoms with Gasteiger partial charge in [0.2, 0.25) is 0 Å². The molecule has 0 spiro atoms. The number of nitrogens with two attached hydrogens (primary N) is 1. The highest BCUT2D eigenvalue weighted by Gasteiger charge is 2.01. The molecule has 0 heterocycles. The first-order valence-corrected chi connectivity index (χ1v) is 9.39. The van der Waals surface area contributed by atoms with Crippen molar-refractivity contribution in [2.24, 2.45) is 5.40 Å². The SMILES string of the molecule is Cc1ccccc1[SiH](N)[SiH3]. The Kier molecular flexibility index (Phi) is 2.42. The van der Waals surface area contributed by atoms with Crippen molar-refractivity contribution < 1.29 is 0 Å². The molecule has 2 N–H and O–H groups in total. The van der Waals surface area contributed by atoms with Gasteiger partial charge in [-0.2, -0.15) is 0 Å². The summed E-state index contributed by atoms with van der Waals surface area (Å²) in [4.78, 5) is 0. The Labute approximate surface area is 66.2 Å². The average molecular weight is 167 g/mol. The third-order valence-corrected chi connectivity index (χ3v) is 5.17. The zero-order chi connectivity index (χ0) is 7.56. The number of hydrogen-bond donors (Lipinski definition) is 1. The third kappa shape index (κ3) is 1.56. The van der Waals surface area contributed by atoms with Gasteiger partial charge in [0.25, 0.3) is 0 Å². The molecule has 0 saturated heterocycles. The van der Waals surface area contributed by atoms with Gasteiger partial charge in [-0.3, -0.25) is 0 Å². The van der Waals surface area contributed by atoms with Crippen LogP contribution in [0.25, 0.3) is 0 Å². The van der Waals surface area contributed by atoms with Crippen LogP contribution in [-0.4, -0.2) is 18.2 Å². The molecule has 0 aliphatic heterocycles. The molecule has 3 heteroatoms. The first-order chi connectivity index (χ1) is 4.72. The van der Waals surface area contributed by atoms with Crippen molar-refractivity contribution >= 4 is 23.4 Å². The van der Waals surface area contributed by atoms with E-state index in [1.54, 1.807) is 0 Å². The molecular formula is C7H13NSi2. The average Bonchev–Trinajstić information content (AvgIpc) is 1.88. The minimum absolute atomic E-state index is 0.929. The summed E-state index contributed by atoms with van der Waals surface area (Å²) in [7, 11) is 0.242. The molecule has 10 heavy (non-hydrogen) atoms. The second kappa shape index (κ2) is 3.14. The molecule has 1 rings (SSSR count). The molecule has 0 amide bonds. The zero-order valence-corrected chi connectivity index (χ0v) is 9.62. The molecule has 0 bridgehead atoms. The van der Waals surface area contributed by atoms with Gasteiger partial charge in [0.1, 0.15) is 8.48 Å². The van der Waals surface area contributed by atoms with Crippen LogP contribution in [0, 0.1) is 6.92 Å². The largest absolute Gasteiger partial charge is 0.352 e. The van der Waals surface area contributed by atoms with Gasteiger partial charge < -0.3 is 5.40 Å². The molecule has 0 aliphatic rings. The molecule has 0 aliphatic carbocycles. The summed E-state index contributed by atoms with van der Waals surface area (Å²) in [5.74, 6) is 0. The summed E-state index contributed by atoms with van der Waals surface area (Å²) in [5.41, 5.74) is 1.37. The molecule has 1 atom stereocenters. The molecule has 0 radical (unpaired) electrons. The maximum Gasteiger partial charge on any atom is 0.117 e. The first-order valence-electron chi connectivity index (χ1n) is 3.53. The number of benzene rings is 1. The second-order valence-electron chi connectivity index (χ2n) is 2.65. The van der Waals surface area contributed by atoms with Crippen molar-refractivity contribution in [1.82, 2.24) is 0 Å². The fourth-order valence-electron chi connectivity index (χ4n) is 1.10. The van der Waals surface area contributed by atoms with Crippen molar-refractivity contribution in [3.05, 3.63) is 29.8 Å². The molecule has 0 aromatic heterocycles. The van der Waals surface area contributed by atoms with Gasteiger partial charge in [-0.1, -0.05) is 29.8 Å². The minimum atomic E-state index is -0.929. The van der Waals surface area contributed by atoms with E-state index >= 15 is 0 Å². The van der Waals surface area contributed by atoms with Crippen molar-refractivity contribution in [1.29, 1.82) is 0 Å². The first kappa shape index (κ1) is 7.72. The molecule has 1 aromatic carbocycles. The standard InChI is InChI=1S/C7H13NSi2/c1-6-4-2-3-5-7(6)10(8)9/h2-5,10H,8H2,1,9H3. The Morgan fingerprint density at radius 3 is 2.40 bits per heavy atom. The van der Waals surface area contributed by atoms with Gasteiger partial charge in [0, 0.05) is 9.76 Å². The van der Waals surface area contributed by atoms with Gasteiger partial charge >= 0.3 is 0 Å². The Hall–Kier alpha value is -0.386. The lowest BCUT2D eigenvalue weighted by Gasteiger charge is -2.06. The highest BCUT2D eigenvalue weighted by molar-refractivity contribution is 7.09. The van der Waals surface area contributed by atoms with E-state index in [0.717, 1.165) is 0 Å². The van der Waals surface area contributed by atoms with Gasteiger partial charge in [0.15, 0.2) is 0 Å². The highest BCUT2D eigenvalue weighted by atomic mass is 29.2. The highest BCUT2D eigenvalue weighted by Crippen LogP contribution is 1.91. The Bertz CT molecular complexity index is 223. The smallest absolute Gasteiger partial charge is 0.117 e. The summed E-state index contributed by atoms with van der Waals surface area (Å²) in [6, 6.07) is 8.45. The minimum Gasteiger partial charge on any atom is -0.352 e. The van der Waals surface area contributed by atoms with Crippen LogP contribution in [-0.2, 0) is 0 Å². The fourth-order valence-corrected chi connectivity index (χ4v) is 4.27. The molecule has 1 unspecified atom stereocenters. The van der Waals surface area contributed by atoms with E-state index in [-0.39, 0.29) is 0 Å². The summed E-state index contributed by atoms with van der Waals surface area (Å²) >= 11 is 0.